The van der Waals surface area contributed by atoms with E-state index in [2.05, 4.69) is 0 Å². The number of carboxylic acids is 1. The molecule has 0 aliphatic carbocycles. The molecule has 1 heterocycles. The van der Waals surface area contributed by atoms with Gasteiger partial charge in [-0.15, -0.1) is 0 Å². The minimum Gasteiger partial charge on any atom is -0.481 e. The van der Waals surface area contributed by atoms with E-state index >= 15 is 0 Å². The lowest BCUT2D eigenvalue weighted by molar-refractivity contribution is -0.137. The first-order valence-corrected chi connectivity index (χ1v) is 9.40. The van der Waals surface area contributed by atoms with Crippen molar-refractivity contribution in [2.45, 2.75) is 32.6 Å². The second kappa shape index (κ2) is 9.53. The summed E-state index contributed by atoms with van der Waals surface area (Å²) in [6.07, 6.45) is 6.22. The Balaban J connectivity index is 1.93. The van der Waals surface area contributed by atoms with Gasteiger partial charge >= 0.3 is 5.97 Å². The average Bonchev–Trinajstić information content (AvgIpc) is 2.82. The minimum atomic E-state index is -0.783. The summed E-state index contributed by atoms with van der Waals surface area (Å²) in [6.45, 7) is 2.51. The van der Waals surface area contributed by atoms with E-state index in [1.165, 1.54) is 11.8 Å². The maximum absolute atomic E-state index is 12.5. The zero-order valence-corrected chi connectivity index (χ0v) is 15.7. The number of hydrogen-bond acceptors (Lipinski definition) is 4. The van der Waals surface area contributed by atoms with Gasteiger partial charge in [-0.2, -0.15) is 0 Å². The van der Waals surface area contributed by atoms with Gasteiger partial charge in [-0.25, -0.2) is 0 Å². The summed E-state index contributed by atoms with van der Waals surface area (Å²) in [7, 11) is 0. The van der Waals surface area contributed by atoms with Crippen molar-refractivity contribution in [2.24, 2.45) is 0 Å². The van der Waals surface area contributed by atoms with Crippen molar-refractivity contribution in [1.29, 1.82) is 0 Å². The first-order chi connectivity index (χ1) is 12.0. The Morgan fingerprint density at radius 3 is 2.64 bits per heavy atom. The monoisotopic (exact) mass is 375 g/mol. The molecule has 25 heavy (non-hydrogen) atoms. The smallest absolute Gasteiger partial charge is 0.303 e. The molecule has 0 aromatic heterocycles. The molecule has 0 spiro atoms. The third-order valence-electron chi connectivity index (χ3n) is 3.70. The number of hydrogen-bond donors (Lipinski definition) is 1. The van der Waals surface area contributed by atoms with Crippen LogP contribution in [0.15, 0.2) is 46.9 Å². The third kappa shape index (κ3) is 6.14. The van der Waals surface area contributed by atoms with Gasteiger partial charge in [0.25, 0.3) is 5.91 Å². The topological polar surface area (TPSA) is 57.6 Å². The van der Waals surface area contributed by atoms with Gasteiger partial charge in [-0.3, -0.25) is 14.5 Å². The van der Waals surface area contributed by atoms with Gasteiger partial charge < -0.3 is 5.11 Å². The molecular weight excluding hydrogens is 354 g/mol. The van der Waals surface area contributed by atoms with Crippen LogP contribution in [0.25, 0.3) is 6.08 Å². The summed E-state index contributed by atoms with van der Waals surface area (Å²) in [5, 5.41) is 8.63. The molecule has 6 heteroatoms. The summed E-state index contributed by atoms with van der Waals surface area (Å²) >= 11 is 6.63. The molecule has 0 atom stereocenters. The molecule has 0 bridgehead atoms. The molecular formula is C19H21NO3S2. The number of carbonyl (C=O) groups excluding carboxylic acids is 1. The number of thiocarbonyl (C=S) groups is 1. The van der Waals surface area contributed by atoms with Gasteiger partial charge in [-0.1, -0.05) is 66.8 Å². The predicted molar refractivity (Wildman–Crippen MR) is 106 cm³/mol. The van der Waals surface area contributed by atoms with Crippen molar-refractivity contribution >= 4 is 46.3 Å². The fourth-order valence-corrected chi connectivity index (χ4v) is 3.83. The lowest BCUT2D eigenvalue weighted by Crippen LogP contribution is -2.29. The van der Waals surface area contributed by atoms with E-state index < -0.39 is 5.97 Å². The summed E-state index contributed by atoms with van der Waals surface area (Å²) in [5.41, 5.74) is 2.08. The summed E-state index contributed by atoms with van der Waals surface area (Å²) in [4.78, 5) is 25.3. The Morgan fingerprint density at radius 1 is 1.24 bits per heavy atom. The number of nitrogens with zero attached hydrogens (tertiary/aromatic N) is 1. The molecule has 2 rings (SSSR count). The maximum atomic E-state index is 12.5. The zero-order valence-electron chi connectivity index (χ0n) is 14.1. The van der Waals surface area contributed by atoms with Gasteiger partial charge in [0.2, 0.25) is 0 Å². The summed E-state index contributed by atoms with van der Waals surface area (Å²) in [6, 6.07) is 9.94. The van der Waals surface area contributed by atoms with Gasteiger partial charge in [0, 0.05) is 13.0 Å². The molecule has 4 nitrogen and oxygen atoms in total. The molecule has 1 fully saturated rings. The highest BCUT2D eigenvalue weighted by Gasteiger charge is 2.31. The van der Waals surface area contributed by atoms with E-state index in [-0.39, 0.29) is 12.3 Å². The van der Waals surface area contributed by atoms with Crippen LogP contribution in [0.3, 0.4) is 0 Å². The molecule has 1 aromatic rings. The lowest BCUT2D eigenvalue weighted by atomic mass is 10.1. The number of aliphatic carboxylic acids is 1. The molecule has 0 unspecified atom stereocenters. The van der Waals surface area contributed by atoms with Crippen molar-refractivity contribution in [2.75, 3.05) is 6.54 Å². The van der Waals surface area contributed by atoms with Crippen molar-refractivity contribution in [1.82, 2.24) is 4.90 Å². The van der Waals surface area contributed by atoms with Crippen molar-refractivity contribution in [3.05, 3.63) is 52.4 Å². The van der Waals surface area contributed by atoms with Crippen molar-refractivity contribution in [3.63, 3.8) is 0 Å². The van der Waals surface area contributed by atoms with E-state index in [4.69, 9.17) is 17.3 Å². The van der Waals surface area contributed by atoms with Crippen LogP contribution in [0.2, 0.25) is 0 Å². The molecule has 1 N–H and O–H groups in total. The Bertz CT molecular complexity index is 711. The Morgan fingerprint density at radius 2 is 1.96 bits per heavy atom. The van der Waals surface area contributed by atoms with Crippen LogP contribution >= 0.6 is 24.0 Å². The van der Waals surface area contributed by atoms with Crippen LogP contribution in [0.5, 0.6) is 0 Å². The number of carbonyl (C=O) groups is 2. The second-order valence-electron chi connectivity index (χ2n) is 5.84. The van der Waals surface area contributed by atoms with E-state index in [1.807, 2.05) is 49.4 Å². The average molecular weight is 376 g/mol. The Labute approximate surface area is 157 Å². The van der Waals surface area contributed by atoms with Crippen LogP contribution in [-0.2, 0) is 9.59 Å². The van der Waals surface area contributed by atoms with Gasteiger partial charge in [-0.05, 0) is 37.0 Å². The molecule has 1 aromatic carbocycles. The van der Waals surface area contributed by atoms with E-state index in [1.54, 1.807) is 4.90 Å². The van der Waals surface area contributed by atoms with Gasteiger partial charge in [0.15, 0.2) is 0 Å². The first-order valence-electron chi connectivity index (χ1n) is 8.18. The minimum absolute atomic E-state index is 0.0611. The highest BCUT2D eigenvalue weighted by Crippen LogP contribution is 2.32. The zero-order chi connectivity index (χ0) is 18.2. The number of thioether (sulfide) groups is 1. The number of unbranched alkanes of at least 4 members (excludes halogenated alkanes) is 2. The van der Waals surface area contributed by atoms with Crippen LogP contribution in [0, 0.1) is 0 Å². The number of allylic oxidation sites excluding steroid dienone is 2. The first kappa shape index (κ1) is 19.4. The second-order valence-corrected chi connectivity index (χ2v) is 7.51. The third-order valence-corrected chi connectivity index (χ3v) is 5.08. The van der Waals surface area contributed by atoms with E-state index in [9.17, 15) is 9.59 Å². The largest absolute Gasteiger partial charge is 0.481 e. The molecule has 0 saturated carbocycles. The van der Waals surface area contributed by atoms with E-state index in [0.29, 0.717) is 22.2 Å². The predicted octanol–water partition coefficient (Wildman–Crippen LogP) is 4.48. The van der Waals surface area contributed by atoms with E-state index in [0.717, 1.165) is 24.0 Å². The Hall–Kier alpha value is -1.92. The molecule has 0 radical (unpaired) electrons. The van der Waals surface area contributed by atoms with Gasteiger partial charge in [0.1, 0.15) is 4.32 Å². The fraction of sp³-hybridized carbons (Fsp3) is 0.316. The maximum Gasteiger partial charge on any atom is 0.303 e. The standard InChI is InChI=1S/C19H21NO3S2/c1-14(12-15-8-4-2-5-9-15)13-16-18(23)20(19(24)25-16)11-7-3-6-10-17(21)22/h2,4-5,8-9,12-13H,3,6-7,10-11H2,1H3,(H,21,22)/b14-12-,16-13-. The number of amides is 1. The highest BCUT2D eigenvalue weighted by atomic mass is 32.2. The quantitative estimate of drug-likeness (QED) is 0.412. The summed E-state index contributed by atoms with van der Waals surface area (Å²) < 4.78 is 0.571. The van der Waals surface area contributed by atoms with Crippen LogP contribution in [0.1, 0.15) is 38.2 Å². The molecule has 1 aliphatic rings. The molecule has 1 amide bonds. The Kier molecular flexibility index (Phi) is 7.40. The lowest BCUT2D eigenvalue weighted by Gasteiger charge is -2.13. The SMILES string of the molecule is CC(=C/c1ccccc1)/C=C1\SC(=S)N(CCCCCC(=O)O)C1=O. The molecule has 1 saturated heterocycles. The van der Waals surface area contributed by atoms with Gasteiger partial charge in [0.05, 0.1) is 4.91 Å². The van der Waals surface area contributed by atoms with Crippen LogP contribution in [-0.4, -0.2) is 32.7 Å². The summed E-state index contributed by atoms with van der Waals surface area (Å²) in [5.74, 6) is -0.844. The normalized spacial score (nSPS) is 16.8. The number of carboxylic acid groups (broad SMARTS) is 1. The van der Waals surface area contributed by atoms with Crippen molar-refractivity contribution < 1.29 is 14.7 Å². The number of rotatable bonds is 8. The number of benzene rings is 1. The van der Waals surface area contributed by atoms with Crippen LogP contribution < -0.4 is 0 Å². The molecule has 1 aliphatic heterocycles. The van der Waals surface area contributed by atoms with Crippen molar-refractivity contribution in [3.8, 4) is 0 Å². The van der Waals surface area contributed by atoms with Crippen LogP contribution in [0.4, 0.5) is 0 Å². The highest BCUT2D eigenvalue weighted by molar-refractivity contribution is 8.26. The molecule has 132 valence electrons. The fourth-order valence-electron chi connectivity index (χ4n) is 2.48.